The molecule has 2 aliphatic rings. The smallest absolute Gasteiger partial charge is 0.266 e. The molecule has 1 aliphatic carbocycles. The molecule has 1 atom stereocenters. The Morgan fingerprint density at radius 1 is 1.20 bits per heavy atom. The van der Waals surface area contributed by atoms with Crippen molar-refractivity contribution in [2.75, 3.05) is 11.9 Å². The number of aliphatic imine (C=N–C) groups is 1. The van der Waals surface area contributed by atoms with Crippen LogP contribution < -0.4 is 10.6 Å². The number of benzodiazepines with no additional fused rings is 1. The Morgan fingerprint density at radius 3 is 2.65 bits per heavy atom. The molecule has 1 aromatic carbocycles. The molecule has 4 nitrogen and oxygen atoms in total. The van der Waals surface area contributed by atoms with E-state index in [1.54, 1.807) is 11.9 Å². The molecule has 0 bridgehead atoms. The second-order valence-corrected chi connectivity index (χ2v) is 5.71. The fourth-order valence-electron chi connectivity index (χ4n) is 3.28. The summed E-state index contributed by atoms with van der Waals surface area (Å²) < 4.78 is 0. The van der Waals surface area contributed by atoms with Crippen LogP contribution in [0, 0.1) is 5.92 Å². The first kappa shape index (κ1) is 13.3. The fourth-order valence-corrected chi connectivity index (χ4v) is 3.28. The van der Waals surface area contributed by atoms with Gasteiger partial charge in [0.2, 0.25) is 0 Å². The predicted octanol–water partition coefficient (Wildman–Crippen LogP) is 2.32. The molecule has 2 N–H and O–H groups in total. The molecule has 0 aromatic heterocycles. The van der Waals surface area contributed by atoms with Gasteiger partial charge >= 0.3 is 0 Å². The minimum absolute atomic E-state index is 0.136. The Bertz CT molecular complexity index is 546. The van der Waals surface area contributed by atoms with Gasteiger partial charge in [-0.2, -0.15) is 0 Å². The van der Waals surface area contributed by atoms with Crippen molar-refractivity contribution >= 4 is 17.3 Å². The first-order chi connectivity index (χ1) is 9.68. The number of nitrogens with two attached hydrogens (primary N) is 1. The summed E-state index contributed by atoms with van der Waals surface area (Å²) in [5.74, 6) is 0.304. The number of hydrogen-bond acceptors (Lipinski definition) is 3. The van der Waals surface area contributed by atoms with Gasteiger partial charge in [-0.3, -0.25) is 9.79 Å². The maximum absolute atomic E-state index is 12.2. The van der Waals surface area contributed by atoms with Crippen molar-refractivity contribution in [2.24, 2.45) is 16.6 Å². The van der Waals surface area contributed by atoms with Gasteiger partial charge in [0.25, 0.3) is 5.91 Å². The third-order valence-electron chi connectivity index (χ3n) is 4.39. The average molecular weight is 271 g/mol. The van der Waals surface area contributed by atoms with Gasteiger partial charge in [0, 0.05) is 24.2 Å². The number of rotatable bonds is 1. The predicted molar refractivity (Wildman–Crippen MR) is 80.9 cm³/mol. The van der Waals surface area contributed by atoms with Crippen LogP contribution in [0.1, 0.15) is 37.7 Å². The number of benzene rings is 1. The second kappa shape index (κ2) is 5.37. The van der Waals surface area contributed by atoms with Crippen LogP contribution in [0.5, 0.6) is 0 Å². The molecule has 0 saturated heterocycles. The number of carbonyl (C=O) groups is 1. The van der Waals surface area contributed by atoms with Crippen LogP contribution in [0.4, 0.5) is 5.69 Å². The van der Waals surface area contributed by atoms with E-state index in [4.69, 9.17) is 5.73 Å². The van der Waals surface area contributed by atoms with E-state index >= 15 is 0 Å². The quantitative estimate of drug-likeness (QED) is 0.852. The Labute approximate surface area is 119 Å². The standard InChI is InChI=1S/C16H21N3O/c1-19-13-10-6-5-9-12(13)14(18-15(17)16(19)20)11-7-3-2-4-8-11/h5-6,9-11,15H,2-4,7-8,17H2,1H3/t15-/m1/s1. The maximum Gasteiger partial charge on any atom is 0.266 e. The van der Waals surface area contributed by atoms with Gasteiger partial charge in [-0.15, -0.1) is 0 Å². The lowest BCUT2D eigenvalue weighted by atomic mass is 9.83. The zero-order valence-electron chi connectivity index (χ0n) is 11.9. The summed E-state index contributed by atoms with van der Waals surface area (Å²) in [7, 11) is 1.78. The Kier molecular flexibility index (Phi) is 3.57. The van der Waals surface area contributed by atoms with Crippen LogP contribution in [0.2, 0.25) is 0 Å². The normalized spacial score (nSPS) is 24.1. The SMILES string of the molecule is CN1C(=O)[C@H](N)N=C(C2CCCCC2)c2ccccc21. The number of fused-ring (bicyclic) bond motifs is 1. The summed E-state index contributed by atoms with van der Waals surface area (Å²) in [4.78, 5) is 18.4. The van der Waals surface area contributed by atoms with Gasteiger partial charge in [-0.25, -0.2) is 0 Å². The molecule has 106 valence electrons. The van der Waals surface area contributed by atoms with Gasteiger partial charge in [0.05, 0.1) is 5.69 Å². The molecule has 3 rings (SSSR count). The molecule has 0 radical (unpaired) electrons. The molecule has 1 fully saturated rings. The molecule has 1 aliphatic heterocycles. The molecule has 0 unspecified atom stereocenters. The average Bonchev–Trinajstić information content (AvgIpc) is 2.60. The van der Waals surface area contributed by atoms with Gasteiger partial charge in [0.1, 0.15) is 0 Å². The highest BCUT2D eigenvalue weighted by Crippen LogP contribution is 2.32. The number of likely N-dealkylation sites (N-methyl/N-ethyl adjacent to an activating group) is 1. The van der Waals surface area contributed by atoms with Gasteiger partial charge < -0.3 is 10.6 Å². The lowest BCUT2D eigenvalue weighted by Gasteiger charge is -2.24. The van der Waals surface area contributed by atoms with Crippen LogP contribution in [0.25, 0.3) is 0 Å². The third-order valence-corrected chi connectivity index (χ3v) is 4.39. The van der Waals surface area contributed by atoms with Crippen molar-refractivity contribution < 1.29 is 4.79 Å². The number of anilines is 1. The van der Waals surface area contributed by atoms with Gasteiger partial charge in [0.15, 0.2) is 6.17 Å². The first-order valence-electron chi connectivity index (χ1n) is 7.38. The highest BCUT2D eigenvalue weighted by Gasteiger charge is 2.30. The number of nitrogens with zero attached hydrogens (tertiary/aromatic N) is 2. The molecular formula is C16H21N3O. The van der Waals surface area contributed by atoms with Crippen LogP contribution in [0.3, 0.4) is 0 Å². The van der Waals surface area contributed by atoms with Crippen LogP contribution in [0.15, 0.2) is 29.3 Å². The zero-order chi connectivity index (χ0) is 14.1. The van der Waals surface area contributed by atoms with E-state index in [2.05, 4.69) is 11.1 Å². The van der Waals surface area contributed by atoms with E-state index in [0.29, 0.717) is 5.92 Å². The van der Waals surface area contributed by atoms with Gasteiger partial charge in [-0.1, -0.05) is 37.5 Å². The highest BCUT2D eigenvalue weighted by molar-refractivity contribution is 6.13. The highest BCUT2D eigenvalue weighted by atomic mass is 16.2. The lowest BCUT2D eigenvalue weighted by molar-refractivity contribution is -0.119. The van der Waals surface area contributed by atoms with Gasteiger partial charge in [-0.05, 0) is 18.9 Å². The van der Waals surface area contributed by atoms with Crippen molar-refractivity contribution in [3.8, 4) is 0 Å². The van der Waals surface area contributed by atoms with Crippen molar-refractivity contribution in [2.45, 2.75) is 38.3 Å². The topological polar surface area (TPSA) is 58.7 Å². The number of amides is 1. The van der Waals surface area contributed by atoms with E-state index in [0.717, 1.165) is 29.8 Å². The fraction of sp³-hybridized carbons (Fsp3) is 0.500. The summed E-state index contributed by atoms with van der Waals surface area (Å²) in [6, 6.07) is 8.00. The second-order valence-electron chi connectivity index (χ2n) is 5.71. The molecule has 1 saturated carbocycles. The molecular weight excluding hydrogens is 250 g/mol. The summed E-state index contributed by atoms with van der Waals surface area (Å²) in [5.41, 5.74) is 9.00. The minimum atomic E-state index is -0.774. The number of hydrogen-bond donors (Lipinski definition) is 1. The molecule has 1 heterocycles. The van der Waals surface area contributed by atoms with Crippen LogP contribution in [-0.2, 0) is 4.79 Å². The zero-order valence-corrected chi connectivity index (χ0v) is 11.9. The van der Waals surface area contributed by atoms with Crippen molar-refractivity contribution in [1.82, 2.24) is 0 Å². The largest absolute Gasteiger partial charge is 0.312 e. The maximum atomic E-state index is 12.2. The van der Waals surface area contributed by atoms with E-state index in [1.807, 2.05) is 18.2 Å². The summed E-state index contributed by atoms with van der Waals surface area (Å²) >= 11 is 0. The lowest BCUT2D eigenvalue weighted by Crippen LogP contribution is -2.40. The van der Waals surface area contributed by atoms with E-state index in [1.165, 1.54) is 19.3 Å². The molecule has 1 amide bonds. The van der Waals surface area contributed by atoms with Crippen molar-refractivity contribution in [3.05, 3.63) is 29.8 Å². The van der Waals surface area contributed by atoms with Crippen LogP contribution >= 0.6 is 0 Å². The number of para-hydroxylation sites is 1. The van der Waals surface area contributed by atoms with E-state index < -0.39 is 6.17 Å². The monoisotopic (exact) mass is 271 g/mol. The third kappa shape index (κ3) is 2.24. The molecule has 0 spiro atoms. The van der Waals surface area contributed by atoms with Crippen LogP contribution in [-0.4, -0.2) is 24.8 Å². The Balaban J connectivity index is 2.08. The number of carbonyl (C=O) groups excluding carboxylic acids is 1. The van der Waals surface area contributed by atoms with Crippen molar-refractivity contribution in [1.29, 1.82) is 0 Å². The Hall–Kier alpha value is -1.68. The first-order valence-corrected chi connectivity index (χ1v) is 7.38. The summed E-state index contributed by atoms with van der Waals surface area (Å²) in [6.07, 6.45) is 5.31. The molecule has 1 aromatic rings. The van der Waals surface area contributed by atoms with E-state index in [9.17, 15) is 4.79 Å². The van der Waals surface area contributed by atoms with Crippen molar-refractivity contribution in [3.63, 3.8) is 0 Å². The molecule has 20 heavy (non-hydrogen) atoms. The minimum Gasteiger partial charge on any atom is -0.312 e. The summed E-state index contributed by atoms with van der Waals surface area (Å²) in [5, 5.41) is 0. The molecule has 4 heteroatoms. The summed E-state index contributed by atoms with van der Waals surface area (Å²) in [6.45, 7) is 0. The van der Waals surface area contributed by atoms with E-state index in [-0.39, 0.29) is 5.91 Å². The Morgan fingerprint density at radius 2 is 1.90 bits per heavy atom.